The summed E-state index contributed by atoms with van der Waals surface area (Å²) in [5.74, 6) is 0.977. The standard InChI is InChI=1S/C16H17NO4/c1-16(2)8-13(18)12-7-14(21-15(12)9-16)10-3-5-11(6-4-10)17(19)20/h3-6,14H,7-9H2,1-2H3. The number of non-ortho nitro benzene ring substituents is 1. The van der Waals surface area contributed by atoms with Gasteiger partial charge in [-0.15, -0.1) is 0 Å². The molecule has 0 saturated carbocycles. The Morgan fingerprint density at radius 2 is 1.90 bits per heavy atom. The Balaban J connectivity index is 1.80. The van der Waals surface area contributed by atoms with E-state index >= 15 is 0 Å². The highest BCUT2D eigenvalue weighted by Crippen LogP contribution is 2.46. The molecule has 0 aromatic heterocycles. The topological polar surface area (TPSA) is 69.4 Å². The second-order valence-corrected chi connectivity index (χ2v) is 6.50. The van der Waals surface area contributed by atoms with Crippen LogP contribution in [0.5, 0.6) is 0 Å². The molecule has 1 unspecified atom stereocenters. The smallest absolute Gasteiger partial charge is 0.269 e. The van der Waals surface area contributed by atoms with E-state index in [1.54, 1.807) is 12.1 Å². The van der Waals surface area contributed by atoms with E-state index in [1.165, 1.54) is 12.1 Å². The Labute approximate surface area is 122 Å². The van der Waals surface area contributed by atoms with Crippen molar-refractivity contribution in [1.29, 1.82) is 0 Å². The molecule has 0 amide bonds. The number of nitro benzene ring substituents is 1. The molecule has 0 fully saturated rings. The molecule has 3 rings (SSSR count). The van der Waals surface area contributed by atoms with E-state index < -0.39 is 4.92 Å². The van der Waals surface area contributed by atoms with Gasteiger partial charge in [0, 0.05) is 37.0 Å². The molecule has 110 valence electrons. The minimum Gasteiger partial charge on any atom is -0.489 e. The van der Waals surface area contributed by atoms with E-state index in [2.05, 4.69) is 13.8 Å². The van der Waals surface area contributed by atoms with Gasteiger partial charge in [0.15, 0.2) is 5.78 Å². The quantitative estimate of drug-likeness (QED) is 0.614. The van der Waals surface area contributed by atoms with E-state index in [0.29, 0.717) is 12.8 Å². The van der Waals surface area contributed by atoms with Gasteiger partial charge in [0.1, 0.15) is 11.9 Å². The molecule has 0 bridgehead atoms. The molecule has 0 saturated heterocycles. The largest absolute Gasteiger partial charge is 0.489 e. The maximum atomic E-state index is 12.2. The number of carbonyl (C=O) groups is 1. The third-order valence-corrected chi connectivity index (χ3v) is 4.10. The molecule has 2 aliphatic rings. The van der Waals surface area contributed by atoms with Gasteiger partial charge in [-0.3, -0.25) is 14.9 Å². The van der Waals surface area contributed by atoms with E-state index in [0.717, 1.165) is 23.3 Å². The number of Topliss-reactive ketones (excluding diaryl/α,β-unsaturated/α-hetero) is 1. The first-order valence-corrected chi connectivity index (χ1v) is 7.02. The molecule has 5 nitrogen and oxygen atoms in total. The molecular formula is C16H17NO4. The Bertz CT molecular complexity index is 643. The Hall–Kier alpha value is -2.17. The van der Waals surface area contributed by atoms with Gasteiger partial charge < -0.3 is 4.74 Å². The number of nitrogens with zero attached hydrogens (tertiary/aromatic N) is 1. The van der Waals surface area contributed by atoms with Gasteiger partial charge in [0.05, 0.1) is 4.92 Å². The predicted octanol–water partition coefficient (Wildman–Crippen LogP) is 3.70. The van der Waals surface area contributed by atoms with Gasteiger partial charge in [0.2, 0.25) is 0 Å². The molecule has 5 heteroatoms. The van der Waals surface area contributed by atoms with Gasteiger partial charge in [-0.2, -0.15) is 0 Å². The number of benzene rings is 1. The maximum absolute atomic E-state index is 12.2. The summed E-state index contributed by atoms with van der Waals surface area (Å²) in [6.07, 6.45) is 1.70. The van der Waals surface area contributed by atoms with Gasteiger partial charge in [-0.25, -0.2) is 0 Å². The fourth-order valence-electron chi connectivity index (χ4n) is 3.04. The molecular weight excluding hydrogens is 270 g/mol. The van der Waals surface area contributed by atoms with Gasteiger partial charge >= 0.3 is 0 Å². The highest BCUT2D eigenvalue weighted by Gasteiger charge is 2.39. The van der Waals surface area contributed by atoms with Crippen LogP contribution in [-0.4, -0.2) is 10.7 Å². The maximum Gasteiger partial charge on any atom is 0.269 e. The van der Waals surface area contributed by atoms with Gasteiger partial charge in [0.25, 0.3) is 5.69 Å². The Morgan fingerprint density at radius 1 is 1.24 bits per heavy atom. The zero-order chi connectivity index (χ0) is 15.2. The summed E-state index contributed by atoms with van der Waals surface area (Å²) in [6.45, 7) is 4.13. The highest BCUT2D eigenvalue weighted by atomic mass is 16.6. The lowest BCUT2D eigenvalue weighted by molar-refractivity contribution is -0.384. The summed E-state index contributed by atoms with van der Waals surface area (Å²) < 4.78 is 5.95. The van der Waals surface area contributed by atoms with Crippen LogP contribution >= 0.6 is 0 Å². The summed E-state index contributed by atoms with van der Waals surface area (Å²) in [6, 6.07) is 6.36. The van der Waals surface area contributed by atoms with E-state index in [1.807, 2.05) is 0 Å². The van der Waals surface area contributed by atoms with Crippen molar-refractivity contribution in [2.45, 2.75) is 39.2 Å². The first-order valence-electron chi connectivity index (χ1n) is 7.02. The van der Waals surface area contributed by atoms with Crippen molar-refractivity contribution in [3.8, 4) is 0 Å². The van der Waals surface area contributed by atoms with Crippen molar-refractivity contribution in [3.63, 3.8) is 0 Å². The van der Waals surface area contributed by atoms with Crippen LogP contribution in [0.25, 0.3) is 0 Å². The van der Waals surface area contributed by atoms with Gasteiger partial charge in [-0.05, 0) is 23.1 Å². The highest BCUT2D eigenvalue weighted by molar-refractivity contribution is 5.97. The lowest BCUT2D eigenvalue weighted by Crippen LogP contribution is -2.24. The van der Waals surface area contributed by atoms with Crippen molar-refractivity contribution in [1.82, 2.24) is 0 Å². The lowest BCUT2D eigenvalue weighted by atomic mass is 9.76. The average molecular weight is 287 g/mol. The second-order valence-electron chi connectivity index (χ2n) is 6.50. The molecule has 1 atom stereocenters. The molecule has 0 spiro atoms. The minimum absolute atomic E-state index is 0.0553. The number of carbonyl (C=O) groups excluding carboxylic acids is 1. The number of ketones is 1. The number of ether oxygens (including phenoxy) is 1. The van der Waals surface area contributed by atoms with Crippen molar-refractivity contribution in [2.75, 3.05) is 0 Å². The molecule has 0 N–H and O–H groups in total. The van der Waals surface area contributed by atoms with E-state index in [-0.39, 0.29) is 23.0 Å². The summed E-state index contributed by atoms with van der Waals surface area (Å²) in [5, 5.41) is 10.7. The number of hydrogen-bond donors (Lipinski definition) is 0. The molecule has 1 heterocycles. The molecule has 1 aliphatic carbocycles. The van der Waals surface area contributed by atoms with Crippen LogP contribution in [0.3, 0.4) is 0 Å². The molecule has 0 radical (unpaired) electrons. The molecule has 1 aromatic carbocycles. The summed E-state index contributed by atoms with van der Waals surface area (Å²) >= 11 is 0. The monoisotopic (exact) mass is 287 g/mol. The third kappa shape index (κ3) is 2.55. The van der Waals surface area contributed by atoms with Crippen molar-refractivity contribution in [3.05, 3.63) is 51.3 Å². The fourth-order valence-corrected chi connectivity index (χ4v) is 3.04. The van der Waals surface area contributed by atoms with Crippen LogP contribution in [0.2, 0.25) is 0 Å². The van der Waals surface area contributed by atoms with Crippen LogP contribution in [0, 0.1) is 15.5 Å². The summed E-state index contributed by atoms with van der Waals surface area (Å²) in [4.78, 5) is 22.4. The predicted molar refractivity (Wildman–Crippen MR) is 76.6 cm³/mol. The van der Waals surface area contributed by atoms with Crippen molar-refractivity contribution < 1.29 is 14.5 Å². The van der Waals surface area contributed by atoms with Gasteiger partial charge in [-0.1, -0.05) is 13.8 Å². The number of nitro groups is 1. The van der Waals surface area contributed by atoms with Crippen LogP contribution in [0.1, 0.15) is 44.8 Å². The summed E-state index contributed by atoms with van der Waals surface area (Å²) in [5.41, 5.74) is 1.69. The summed E-state index contributed by atoms with van der Waals surface area (Å²) in [7, 11) is 0. The average Bonchev–Trinajstić information content (AvgIpc) is 2.81. The van der Waals surface area contributed by atoms with Crippen LogP contribution in [-0.2, 0) is 9.53 Å². The van der Waals surface area contributed by atoms with E-state index in [4.69, 9.17) is 4.74 Å². The second kappa shape index (κ2) is 4.69. The number of rotatable bonds is 2. The Morgan fingerprint density at radius 3 is 2.52 bits per heavy atom. The normalized spacial score (nSPS) is 23.7. The number of hydrogen-bond acceptors (Lipinski definition) is 4. The number of allylic oxidation sites excluding steroid dienone is 1. The third-order valence-electron chi connectivity index (χ3n) is 4.10. The van der Waals surface area contributed by atoms with Crippen LogP contribution < -0.4 is 0 Å². The fraction of sp³-hybridized carbons (Fsp3) is 0.438. The van der Waals surface area contributed by atoms with Crippen molar-refractivity contribution >= 4 is 11.5 Å². The molecule has 1 aromatic rings. The Kier molecular flexibility index (Phi) is 3.08. The molecule has 21 heavy (non-hydrogen) atoms. The van der Waals surface area contributed by atoms with Crippen LogP contribution in [0.15, 0.2) is 35.6 Å². The first-order chi connectivity index (χ1) is 9.85. The van der Waals surface area contributed by atoms with Crippen LogP contribution in [0.4, 0.5) is 5.69 Å². The van der Waals surface area contributed by atoms with Crippen molar-refractivity contribution in [2.24, 2.45) is 5.41 Å². The molecule has 1 aliphatic heterocycles. The zero-order valence-corrected chi connectivity index (χ0v) is 12.1. The zero-order valence-electron chi connectivity index (χ0n) is 12.1. The van der Waals surface area contributed by atoms with E-state index in [9.17, 15) is 14.9 Å². The SMILES string of the molecule is CC1(C)CC(=O)C2=C(C1)OC(c1ccc([N+](=O)[O-])cc1)C2. The first kappa shape index (κ1) is 13.8. The minimum atomic E-state index is -0.422. The lowest BCUT2D eigenvalue weighted by Gasteiger charge is -2.28.